The molecule has 2 heterocycles. The van der Waals surface area contributed by atoms with Gasteiger partial charge in [0.05, 0.1) is 25.9 Å². The number of amides is 1. The van der Waals surface area contributed by atoms with Crippen molar-refractivity contribution in [3.05, 3.63) is 12.1 Å². The van der Waals surface area contributed by atoms with Crippen LogP contribution < -0.4 is 15.4 Å². The number of carbonyl (C=O) groups is 1. The molecule has 6 nitrogen and oxygen atoms in total. The van der Waals surface area contributed by atoms with Crippen molar-refractivity contribution in [1.82, 2.24) is 4.98 Å². The number of nitrogens with two attached hydrogens (primary N) is 1. The van der Waals surface area contributed by atoms with Crippen molar-refractivity contribution >= 4 is 17.4 Å². The number of carbonyl (C=O) groups excluding carboxylic acids is 1. The van der Waals surface area contributed by atoms with E-state index in [4.69, 9.17) is 15.2 Å². The number of anilines is 2. The highest BCUT2D eigenvalue weighted by Gasteiger charge is 2.21. The summed E-state index contributed by atoms with van der Waals surface area (Å²) >= 11 is 0. The molecule has 0 aliphatic carbocycles. The van der Waals surface area contributed by atoms with Crippen molar-refractivity contribution in [3.63, 3.8) is 0 Å². The molecule has 2 rings (SSSR count). The van der Waals surface area contributed by atoms with Gasteiger partial charge in [0.2, 0.25) is 5.88 Å². The summed E-state index contributed by atoms with van der Waals surface area (Å²) in [6.07, 6.45) is 0. The van der Waals surface area contributed by atoms with Crippen LogP contribution in [0.4, 0.5) is 11.5 Å². The summed E-state index contributed by atoms with van der Waals surface area (Å²) in [4.78, 5) is 17.3. The second-order valence-corrected chi connectivity index (χ2v) is 3.37. The zero-order valence-corrected chi connectivity index (χ0v) is 8.97. The van der Waals surface area contributed by atoms with E-state index in [2.05, 4.69) is 4.98 Å². The van der Waals surface area contributed by atoms with Crippen LogP contribution in [0.1, 0.15) is 0 Å². The fourth-order valence-corrected chi connectivity index (χ4v) is 1.52. The van der Waals surface area contributed by atoms with E-state index in [-0.39, 0.29) is 12.5 Å². The lowest BCUT2D eigenvalue weighted by Crippen LogP contribution is -2.42. The summed E-state index contributed by atoms with van der Waals surface area (Å²) in [6.45, 7) is 1.10. The Hall–Kier alpha value is -1.82. The fraction of sp³-hybridized carbons (Fsp3) is 0.400. The Bertz CT molecular complexity index is 408. The molecule has 16 heavy (non-hydrogen) atoms. The smallest absolute Gasteiger partial charge is 0.254 e. The van der Waals surface area contributed by atoms with Crippen LogP contribution in [0.5, 0.6) is 5.88 Å². The fourth-order valence-electron chi connectivity index (χ4n) is 1.52. The lowest BCUT2D eigenvalue weighted by atomic mass is 10.3. The van der Waals surface area contributed by atoms with E-state index < -0.39 is 0 Å². The SMILES string of the molecule is COc1nc(N2CCOCC2=O)ccc1N. The number of ether oxygens (including phenoxy) is 2. The largest absolute Gasteiger partial charge is 0.479 e. The van der Waals surface area contributed by atoms with Crippen molar-refractivity contribution in [2.24, 2.45) is 0 Å². The highest BCUT2D eigenvalue weighted by atomic mass is 16.5. The number of aromatic nitrogens is 1. The first-order chi connectivity index (χ1) is 7.72. The third-order valence-electron chi connectivity index (χ3n) is 2.33. The molecule has 6 heteroatoms. The van der Waals surface area contributed by atoms with Gasteiger partial charge in [0.25, 0.3) is 5.91 Å². The number of hydrogen-bond donors (Lipinski definition) is 1. The number of pyridine rings is 1. The van der Waals surface area contributed by atoms with Crippen LogP contribution in [0.15, 0.2) is 12.1 Å². The Balaban J connectivity index is 2.29. The van der Waals surface area contributed by atoms with Gasteiger partial charge in [-0.05, 0) is 12.1 Å². The van der Waals surface area contributed by atoms with E-state index in [9.17, 15) is 4.79 Å². The van der Waals surface area contributed by atoms with Crippen LogP contribution in [-0.2, 0) is 9.53 Å². The molecule has 1 saturated heterocycles. The van der Waals surface area contributed by atoms with Gasteiger partial charge in [0, 0.05) is 0 Å². The molecule has 0 bridgehead atoms. The first kappa shape index (κ1) is 10.7. The highest BCUT2D eigenvalue weighted by molar-refractivity contribution is 5.94. The van der Waals surface area contributed by atoms with Crippen LogP contribution in [0.25, 0.3) is 0 Å². The predicted octanol–water partition coefficient (Wildman–Crippen LogP) is 0.0356. The molecule has 1 fully saturated rings. The van der Waals surface area contributed by atoms with Gasteiger partial charge in [-0.15, -0.1) is 0 Å². The molecule has 86 valence electrons. The van der Waals surface area contributed by atoms with E-state index in [0.29, 0.717) is 30.5 Å². The van der Waals surface area contributed by atoms with Crippen molar-refractivity contribution in [2.75, 3.05) is 37.5 Å². The maximum Gasteiger partial charge on any atom is 0.254 e. The summed E-state index contributed by atoms with van der Waals surface area (Å²) < 4.78 is 10.0. The number of morpholine rings is 1. The van der Waals surface area contributed by atoms with Crippen molar-refractivity contribution in [1.29, 1.82) is 0 Å². The molecule has 1 aromatic heterocycles. The topological polar surface area (TPSA) is 77.7 Å². The first-order valence-electron chi connectivity index (χ1n) is 4.91. The number of nitrogens with zero attached hydrogens (tertiary/aromatic N) is 2. The molecule has 0 aromatic carbocycles. The van der Waals surface area contributed by atoms with E-state index >= 15 is 0 Å². The van der Waals surface area contributed by atoms with Gasteiger partial charge in [-0.25, -0.2) is 0 Å². The summed E-state index contributed by atoms with van der Waals surface area (Å²) in [7, 11) is 1.49. The van der Waals surface area contributed by atoms with Gasteiger partial charge in [0.1, 0.15) is 12.4 Å². The Morgan fingerprint density at radius 3 is 3.06 bits per heavy atom. The van der Waals surface area contributed by atoms with Crippen molar-refractivity contribution in [3.8, 4) is 5.88 Å². The van der Waals surface area contributed by atoms with Gasteiger partial charge in [0.15, 0.2) is 0 Å². The van der Waals surface area contributed by atoms with Gasteiger partial charge >= 0.3 is 0 Å². The first-order valence-corrected chi connectivity index (χ1v) is 4.91. The molecule has 1 aromatic rings. The molecule has 0 spiro atoms. The molecular weight excluding hydrogens is 210 g/mol. The average Bonchev–Trinajstić information content (AvgIpc) is 2.31. The van der Waals surface area contributed by atoms with Crippen molar-refractivity contribution < 1.29 is 14.3 Å². The minimum Gasteiger partial charge on any atom is -0.479 e. The molecule has 0 unspecified atom stereocenters. The second-order valence-electron chi connectivity index (χ2n) is 3.37. The van der Waals surface area contributed by atoms with Gasteiger partial charge in [-0.3, -0.25) is 9.69 Å². The van der Waals surface area contributed by atoms with Crippen molar-refractivity contribution in [2.45, 2.75) is 0 Å². The van der Waals surface area contributed by atoms with Gasteiger partial charge < -0.3 is 15.2 Å². The molecule has 2 N–H and O–H groups in total. The standard InChI is InChI=1S/C10H13N3O3/c1-15-10-7(11)2-3-8(12-10)13-4-5-16-6-9(13)14/h2-3H,4-6,11H2,1H3. The van der Waals surface area contributed by atoms with Crippen LogP contribution in [0, 0.1) is 0 Å². The minimum absolute atomic E-state index is 0.0916. The zero-order chi connectivity index (χ0) is 11.5. The van der Waals surface area contributed by atoms with Crippen LogP contribution in [0.2, 0.25) is 0 Å². The summed E-state index contributed by atoms with van der Waals surface area (Å²) in [5.74, 6) is 0.765. The number of nitrogen functional groups attached to an aromatic ring is 1. The Kier molecular flexibility index (Phi) is 2.91. The lowest BCUT2D eigenvalue weighted by molar-refractivity contribution is -0.125. The zero-order valence-electron chi connectivity index (χ0n) is 8.97. The second kappa shape index (κ2) is 4.36. The highest BCUT2D eigenvalue weighted by Crippen LogP contribution is 2.23. The summed E-state index contributed by atoms with van der Waals surface area (Å²) in [5.41, 5.74) is 6.10. The minimum atomic E-state index is -0.106. The van der Waals surface area contributed by atoms with Gasteiger partial charge in [-0.2, -0.15) is 4.98 Å². The van der Waals surface area contributed by atoms with Crippen LogP contribution >= 0.6 is 0 Å². The van der Waals surface area contributed by atoms with Crippen LogP contribution in [-0.4, -0.2) is 37.8 Å². The third kappa shape index (κ3) is 1.92. The summed E-state index contributed by atoms with van der Waals surface area (Å²) in [5, 5.41) is 0. The Morgan fingerprint density at radius 1 is 1.56 bits per heavy atom. The molecular formula is C10H13N3O3. The van der Waals surface area contributed by atoms with Crippen LogP contribution in [0.3, 0.4) is 0 Å². The van der Waals surface area contributed by atoms with E-state index in [1.54, 1.807) is 17.0 Å². The predicted molar refractivity (Wildman–Crippen MR) is 58.4 cm³/mol. The number of rotatable bonds is 2. The maximum atomic E-state index is 11.6. The van der Waals surface area contributed by atoms with E-state index in [1.807, 2.05) is 0 Å². The number of methoxy groups -OCH3 is 1. The lowest BCUT2D eigenvalue weighted by Gasteiger charge is -2.26. The Labute approximate surface area is 93.0 Å². The molecule has 1 amide bonds. The summed E-state index contributed by atoms with van der Waals surface area (Å²) in [6, 6.07) is 3.37. The van der Waals surface area contributed by atoms with E-state index in [0.717, 1.165) is 0 Å². The molecule has 1 aliphatic rings. The molecule has 0 saturated carbocycles. The van der Waals surface area contributed by atoms with E-state index in [1.165, 1.54) is 7.11 Å². The third-order valence-corrected chi connectivity index (χ3v) is 2.33. The quantitative estimate of drug-likeness (QED) is 0.765. The number of hydrogen-bond acceptors (Lipinski definition) is 5. The average molecular weight is 223 g/mol. The molecule has 0 atom stereocenters. The Morgan fingerprint density at radius 2 is 2.38 bits per heavy atom. The van der Waals surface area contributed by atoms with Gasteiger partial charge in [-0.1, -0.05) is 0 Å². The monoisotopic (exact) mass is 223 g/mol. The molecule has 0 radical (unpaired) electrons. The molecule has 1 aliphatic heterocycles. The maximum absolute atomic E-state index is 11.6. The normalized spacial score (nSPS) is 16.3.